The van der Waals surface area contributed by atoms with E-state index in [-0.39, 0.29) is 6.54 Å². The molecule has 0 saturated carbocycles. The number of likely N-dealkylation sites (N-methyl/N-ethyl adjacent to an activating group) is 1. The molecule has 2 heterocycles. The summed E-state index contributed by atoms with van der Waals surface area (Å²) in [5, 5.41) is 0. The SMILES string of the molecule is COc1ccccc1C1=C(N2CCN(C)CC2)C(=O)N(Cc2ccccc2F)C1=O. The molecule has 2 aromatic carbocycles. The first-order chi connectivity index (χ1) is 14.5. The van der Waals surface area contributed by atoms with Crippen LogP contribution < -0.4 is 4.74 Å². The lowest BCUT2D eigenvalue weighted by atomic mass is 10.0. The van der Waals surface area contributed by atoms with Crippen molar-refractivity contribution in [2.75, 3.05) is 40.3 Å². The lowest BCUT2D eigenvalue weighted by Crippen LogP contribution is -2.46. The molecule has 0 unspecified atom stereocenters. The van der Waals surface area contributed by atoms with Gasteiger partial charge in [-0.15, -0.1) is 0 Å². The third-order valence-electron chi connectivity index (χ3n) is 5.63. The number of rotatable bonds is 5. The van der Waals surface area contributed by atoms with Crippen molar-refractivity contribution in [2.45, 2.75) is 6.54 Å². The van der Waals surface area contributed by atoms with E-state index in [2.05, 4.69) is 4.90 Å². The molecular formula is C23H24FN3O3. The van der Waals surface area contributed by atoms with Gasteiger partial charge in [0, 0.05) is 37.3 Å². The van der Waals surface area contributed by atoms with Crippen LogP contribution in [0.2, 0.25) is 0 Å². The van der Waals surface area contributed by atoms with E-state index >= 15 is 0 Å². The molecule has 0 aromatic heterocycles. The van der Waals surface area contributed by atoms with Gasteiger partial charge in [0.25, 0.3) is 11.8 Å². The number of para-hydroxylation sites is 1. The Balaban J connectivity index is 1.77. The molecule has 2 aromatic rings. The molecule has 0 radical (unpaired) electrons. The van der Waals surface area contributed by atoms with E-state index in [0.29, 0.717) is 41.2 Å². The van der Waals surface area contributed by atoms with Gasteiger partial charge in [-0.2, -0.15) is 0 Å². The molecule has 156 valence electrons. The van der Waals surface area contributed by atoms with Crippen molar-refractivity contribution in [3.63, 3.8) is 0 Å². The molecule has 1 saturated heterocycles. The van der Waals surface area contributed by atoms with Crippen LogP contribution in [-0.4, -0.2) is 66.9 Å². The molecule has 7 heteroatoms. The maximum atomic E-state index is 14.2. The summed E-state index contributed by atoms with van der Waals surface area (Å²) in [6.45, 7) is 2.74. The molecule has 2 aliphatic heterocycles. The molecule has 0 atom stereocenters. The van der Waals surface area contributed by atoms with Gasteiger partial charge in [0.2, 0.25) is 0 Å². The Morgan fingerprint density at radius 3 is 2.30 bits per heavy atom. The minimum absolute atomic E-state index is 0.111. The summed E-state index contributed by atoms with van der Waals surface area (Å²) in [6, 6.07) is 13.4. The fraction of sp³-hybridized carbons (Fsp3) is 0.304. The molecule has 2 aliphatic rings. The number of piperazine rings is 1. The van der Waals surface area contributed by atoms with Crippen LogP contribution in [0.3, 0.4) is 0 Å². The van der Waals surface area contributed by atoms with E-state index in [1.54, 1.807) is 30.3 Å². The van der Waals surface area contributed by atoms with Gasteiger partial charge in [-0.05, 0) is 19.2 Å². The summed E-state index contributed by atoms with van der Waals surface area (Å²) in [5.74, 6) is -0.742. The van der Waals surface area contributed by atoms with Crippen LogP contribution in [0.4, 0.5) is 4.39 Å². The number of imide groups is 1. The summed E-state index contributed by atoms with van der Waals surface area (Å²) in [5.41, 5.74) is 1.56. The molecule has 6 nitrogen and oxygen atoms in total. The van der Waals surface area contributed by atoms with E-state index in [0.717, 1.165) is 18.0 Å². The Hall–Kier alpha value is -3.19. The van der Waals surface area contributed by atoms with Gasteiger partial charge in [-0.25, -0.2) is 4.39 Å². The van der Waals surface area contributed by atoms with Crippen molar-refractivity contribution in [1.29, 1.82) is 0 Å². The van der Waals surface area contributed by atoms with Crippen molar-refractivity contribution >= 4 is 17.4 Å². The Kier molecular flexibility index (Phi) is 5.55. The number of hydrogen-bond acceptors (Lipinski definition) is 5. The molecule has 4 rings (SSSR count). The van der Waals surface area contributed by atoms with E-state index in [1.807, 2.05) is 24.1 Å². The third kappa shape index (κ3) is 3.57. The Morgan fingerprint density at radius 2 is 1.60 bits per heavy atom. The zero-order valence-corrected chi connectivity index (χ0v) is 17.1. The van der Waals surface area contributed by atoms with Crippen molar-refractivity contribution in [2.24, 2.45) is 0 Å². The summed E-state index contributed by atoms with van der Waals surface area (Å²) in [6.07, 6.45) is 0. The standard InChI is InChI=1S/C23H24FN3O3/c1-25-11-13-26(14-12-25)21-20(17-8-4-6-10-19(17)30-2)22(28)27(23(21)29)15-16-7-3-5-9-18(16)24/h3-10H,11-15H2,1-2H3. The molecule has 0 aliphatic carbocycles. The normalized spacial score (nSPS) is 17.8. The zero-order chi connectivity index (χ0) is 21.3. The summed E-state index contributed by atoms with van der Waals surface area (Å²) in [4.78, 5) is 32.1. The quantitative estimate of drug-likeness (QED) is 0.710. The lowest BCUT2D eigenvalue weighted by Gasteiger charge is -2.34. The Labute approximate surface area is 175 Å². The Morgan fingerprint density at radius 1 is 0.933 bits per heavy atom. The molecular weight excluding hydrogens is 385 g/mol. The predicted molar refractivity (Wildman–Crippen MR) is 111 cm³/mol. The number of amides is 2. The molecule has 0 spiro atoms. The van der Waals surface area contributed by atoms with Crippen LogP contribution in [0.5, 0.6) is 5.75 Å². The van der Waals surface area contributed by atoms with Gasteiger partial charge in [-0.1, -0.05) is 36.4 Å². The summed E-state index contributed by atoms with van der Waals surface area (Å²) < 4.78 is 19.7. The minimum Gasteiger partial charge on any atom is -0.496 e. The van der Waals surface area contributed by atoms with Gasteiger partial charge < -0.3 is 14.5 Å². The second-order valence-corrected chi connectivity index (χ2v) is 7.50. The maximum absolute atomic E-state index is 14.2. The van der Waals surface area contributed by atoms with E-state index in [1.165, 1.54) is 13.2 Å². The average molecular weight is 409 g/mol. The van der Waals surface area contributed by atoms with Crippen LogP contribution in [-0.2, 0) is 16.1 Å². The highest BCUT2D eigenvalue weighted by Crippen LogP contribution is 2.37. The molecule has 2 amide bonds. The van der Waals surface area contributed by atoms with Crippen LogP contribution in [0.25, 0.3) is 5.57 Å². The molecule has 30 heavy (non-hydrogen) atoms. The molecule has 1 fully saturated rings. The average Bonchev–Trinajstić information content (AvgIpc) is 3.00. The second kappa shape index (κ2) is 8.28. The van der Waals surface area contributed by atoms with Crippen LogP contribution in [0.1, 0.15) is 11.1 Å². The van der Waals surface area contributed by atoms with Crippen molar-refractivity contribution in [1.82, 2.24) is 14.7 Å². The van der Waals surface area contributed by atoms with Crippen LogP contribution >= 0.6 is 0 Å². The van der Waals surface area contributed by atoms with E-state index < -0.39 is 17.6 Å². The Bertz CT molecular complexity index is 1010. The fourth-order valence-corrected chi connectivity index (χ4v) is 3.92. The van der Waals surface area contributed by atoms with Crippen LogP contribution in [0, 0.1) is 5.82 Å². The highest BCUT2D eigenvalue weighted by atomic mass is 19.1. The zero-order valence-electron chi connectivity index (χ0n) is 17.1. The number of hydrogen-bond donors (Lipinski definition) is 0. The topological polar surface area (TPSA) is 53.1 Å². The van der Waals surface area contributed by atoms with Crippen molar-refractivity contribution in [3.8, 4) is 5.75 Å². The molecule has 0 N–H and O–H groups in total. The van der Waals surface area contributed by atoms with Gasteiger partial charge in [-0.3, -0.25) is 14.5 Å². The number of nitrogens with zero attached hydrogens (tertiary/aromatic N) is 3. The van der Waals surface area contributed by atoms with Gasteiger partial charge in [0.1, 0.15) is 17.3 Å². The smallest absolute Gasteiger partial charge is 0.278 e. The minimum atomic E-state index is -0.440. The van der Waals surface area contributed by atoms with Gasteiger partial charge in [0.15, 0.2) is 0 Å². The number of ether oxygens (including phenoxy) is 1. The van der Waals surface area contributed by atoms with E-state index in [4.69, 9.17) is 4.74 Å². The second-order valence-electron chi connectivity index (χ2n) is 7.50. The highest BCUT2D eigenvalue weighted by molar-refractivity contribution is 6.35. The largest absolute Gasteiger partial charge is 0.496 e. The first-order valence-corrected chi connectivity index (χ1v) is 9.92. The van der Waals surface area contributed by atoms with Crippen molar-refractivity contribution < 1.29 is 18.7 Å². The molecule has 0 bridgehead atoms. The number of benzene rings is 2. The monoisotopic (exact) mass is 409 g/mol. The van der Waals surface area contributed by atoms with E-state index in [9.17, 15) is 14.0 Å². The summed E-state index contributed by atoms with van der Waals surface area (Å²) in [7, 11) is 3.56. The van der Waals surface area contributed by atoms with Gasteiger partial charge >= 0.3 is 0 Å². The first kappa shape index (κ1) is 20.1. The lowest BCUT2D eigenvalue weighted by molar-refractivity contribution is -0.138. The number of carbonyl (C=O) groups excluding carboxylic acids is 2. The number of halogens is 1. The fourth-order valence-electron chi connectivity index (χ4n) is 3.92. The summed E-state index contributed by atoms with van der Waals surface area (Å²) >= 11 is 0. The maximum Gasteiger partial charge on any atom is 0.278 e. The third-order valence-corrected chi connectivity index (χ3v) is 5.63. The number of methoxy groups -OCH3 is 1. The van der Waals surface area contributed by atoms with Crippen molar-refractivity contribution in [3.05, 3.63) is 71.2 Å². The highest BCUT2D eigenvalue weighted by Gasteiger charge is 2.43. The van der Waals surface area contributed by atoms with Crippen LogP contribution in [0.15, 0.2) is 54.2 Å². The number of carbonyl (C=O) groups is 2. The van der Waals surface area contributed by atoms with Gasteiger partial charge in [0.05, 0.1) is 19.2 Å². The first-order valence-electron chi connectivity index (χ1n) is 9.92. The predicted octanol–water partition coefficient (Wildman–Crippen LogP) is 2.36.